The number of likely N-dealkylation sites (tertiary alicyclic amines) is 1. The van der Waals surface area contributed by atoms with E-state index in [0.29, 0.717) is 31.5 Å². The Balaban J connectivity index is 1.67. The van der Waals surface area contributed by atoms with Gasteiger partial charge in [0.25, 0.3) is 0 Å². The number of hydrogen-bond donors (Lipinski definition) is 1. The highest BCUT2D eigenvalue weighted by Gasteiger charge is 2.44. The summed E-state index contributed by atoms with van der Waals surface area (Å²) >= 11 is 0. The Bertz CT molecular complexity index is 829. The van der Waals surface area contributed by atoms with Crippen molar-refractivity contribution in [1.82, 2.24) is 9.80 Å². The molecule has 28 heavy (non-hydrogen) atoms. The third-order valence-corrected chi connectivity index (χ3v) is 5.57. The predicted molar refractivity (Wildman–Crippen MR) is 104 cm³/mol. The van der Waals surface area contributed by atoms with Gasteiger partial charge in [0.2, 0.25) is 5.91 Å². The van der Waals surface area contributed by atoms with E-state index in [-0.39, 0.29) is 18.4 Å². The quantitative estimate of drug-likeness (QED) is 0.857. The lowest BCUT2D eigenvalue weighted by atomic mass is 9.79. The Morgan fingerprint density at radius 2 is 1.89 bits per heavy atom. The molecule has 2 aromatic rings. The molecule has 1 amide bonds. The van der Waals surface area contributed by atoms with Crippen LogP contribution in [0.25, 0.3) is 0 Å². The molecule has 1 N–H and O–H groups in total. The Morgan fingerprint density at radius 3 is 2.54 bits per heavy atom. The SMILES string of the molecule is CN(C)[C@@H]1CN(C(=O)CCc2ccc(F)c(F)c2)CC[C@]1(O)c1ccccc1. The van der Waals surface area contributed by atoms with Crippen molar-refractivity contribution in [3.8, 4) is 0 Å². The van der Waals surface area contributed by atoms with E-state index in [1.54, 1.807) is 4.90 Å². The maximum Gasteiger partial charge on any atom is 0.222 e. The maximum atomic E-state index is 13.3. The van der Waals surface area contributed by atoms with Gasteiger partial charge in [0.15, 0.2) is 11.6 Å². The van der Waals surface area contributed by atoms with Crippen molar-refractivity contribution in [3.63, 3.8) is 0 Å². The van der Waals surface area contributed by atoms with Crippen LogP contribution in [0.1, 0.15) is 24.0 Å². The van der Waals surface area contributed by atoms with Crippen molar-refractivity contribution in [2.75, 3.05) is 27.2 Å². The molecule has 3 rings (SSSR count). The topological polar surface area (TPSA) is 43.8 Å². The number of hydrogen-bond acceptors (Lipinski definition) is 3. The molecule has 4 nitrogen and oxygen atoms in total. The highest BCUT2D eigenvalue weighted by molar-refractivity contribution is 5.76. The van der Waals surface area contributed by atoms with E-state index in [4.69, 9.17) is 0 Å². The molecular formula is C22H26F2N2O2. The van der Waals surface area contributed by atoms with E-state index in [0.717, 1.165) is 17.7 Å². The maximum absolute atomic E-state index is 13.3. The van der Waals surface area contributed by atoms with Gasteiger partial charge in [-0.05, 0) is 50.2 Å². The van der Waals surface area contributed by atoms with E-state index in [9.17, 15) is 18.7 Å². The fourth-order valence-corrected chi connectivity index (χ4v) is 3.91. The number of likely N-dealkylation sites (N-methyl/N-ethyl adjacent to an activating group) is 1. The number of aliphatic hydroxyl groups is 1. The minimum atomic E-state index is -1.03. The van der Waals surface area contributed by atoms with E-state index in [1.807, 2.05) is 49.3 Å². The van der Waals surface area contributed by atoms with Gasteiger partial charge in [-0.15, -0.1) is 0 Å². The van der Waals surface area contributed by atoms with Gasteiger partial charge in [-0.1, -0.05) is 36.4 Å². The molecule has 150 valence electrons. The fraction of sp³-hybridized carbons (Fsp3) is 0.409. The molecule has 0 radical (unpaired) electrons. The highest BCUT2D eigenvalue weighted by atomic mass is 19.2. The van der Waals surface area contributed by atoms with Crippen LogP contribution in [-0.2, 0) is 16.8 Å². The van der Waals surface area contributed by atoms with Gasteiger partial charge in [0.05, 0.1) is 6.04 Å². The van der Waals surface area contributed by atoms with Gasteiger partial charge in [0.1, 0.15) is 5.60 Å². The van der Waals surface area contributed by atoms with Crippen molar-refractivity contribution in [3.05, 3.63) is 71.3 Å². The lowest BCUT2D eigenvalue weighted by Crippen LogP contribution is -2.60. The third-order valence-electron chi connectivity index (χ3n) is 5.57. The van der Waals surface area contributed by atoms with Crippen molar-refractivity contribution in [1.29, 1.82) is 0 Å². The number of benzene rings is 2. The number of amides is 1. The number of nitrogens with zero attached hydrogens (tertiary/aromatic N) is 2. The second-order valence-corrected chi connectivity index (χ2v) is 7.61. The molecule has 0 bridgehead atoms. The first kappa shape index (κ1) is 20.4. The molecule has 1 saturated heterocycles. The Hall–Kier alpha value is -2.31. The summed E-state index contributed by atoms with van der Waals surface area (Å²) in [5.74, 6) is -1.84. The first-order valence-electron chi connectivity index (χ1n) is 9.47. The van der Waals surface area contributed by atoms with Crippen LogP contribution in [0.2, 0.25) is 0 Å². The molecule has 6 heteroatoms. The van der Waals surface area contributed by atoms with Crippen LogP contribution in [0.15, 0.2) is 48.5 Å². The monoisotopic (exact) mass is 388 g/mol. The van der Waals surface area contributed by atoms with Gasteiger partial charge in [-0.3, -0.25) is 4.79 Å². The van der Waals surface area contributed by atoms with E-state index >= 15 is 0 Å². The molecule has 0 aliphatic carbocycles. The Kier molecular flexibility index (Phi) is 6.10. The first-order valence-corrected chi connectivity index (χ1v) is 9.47. The molecule has 2 atom stereocenters. The van der Waals surface area contributed by atoms with Gasteiger partial charge < -0.3 is 14.9 Å². The van der Waals surface area contributed by atoms with Gasteiger partial charge in [-0.25, -0.2) is 8.78 Å². The molecular weight excluding hydrogens is 362 g/mol. The molecule has 2 aromatic carbocycles. The average Bonchev–Trinajstić information content (AvgIpc) is 2.69. The first-order chi connectivity index (χ1) is 13.3. The summed E-state index contributed by atoms with van der Waals surface area (Å²) in [5.41, 5.74) is 0.415. The van der Waals surface area contributed by atoms with Crippen LogP contribution in [0.3, 0.4) is 0 Å². The molecule has 0 unspecified atom stereocenters. The number of piperidine rings is 1. The summed E-state index contributed by atoms with van der Waals surface area (Å²) in [6, 6.07) is 13.0. The molecule has 1 fully saturated rings. The third kappa shape index (κ3) is 4.23. The van der Waals surface area contributed by atoms with Crippen LogP contribution >= 0.6 is 0 Å². The van der Waals surface area contributed by atoms with E-state index in [2.05, 4.69) is 0 Å². The van der Waals surface area contributed by atoms with Crippen LogP contribution < -0.4 is 0 Å². The predicted octanol–water partition coefficient (Wildman–Crippen LogP) is 2.95. The number of carbonyl (C=O) groups is 1. The van der Waals surface area contributed by atoms with E-state index in [1.165, 1.54) is 6.07 Å². The van der Waals surface area contributed by atoms with E-state index < -0.39 is 17.2 Å². The largest absolute Gasteiger partial charge is 0.383 e. The van der Waals surface area contributed by atoms with Crippen molar-refractivity contribution in [2.24, 2.45) is 0 Å². The summed E-state index contributed by atoms with van der Waals surface area (Å²) in [4.78, 5) is 16.4. The highest BCUT2D eigenvalue weighted by Crippen LogP contribution is 2.35. The summed E-state index contributed by atoms with van der Waals surface area (Å²) in [6.07, 6.45) is 1.01. The second kappa shape index (κ2) is 8.37. The molecule has 0 saturated carbocycles. The van der Waals surface area contributed by atoms with Gasteiger partial charge in [0, 0.05) is 19.5 Å². The summed E-state index contributed by atoms with van der Waals surface area (Å²) < 4.78 is 26.4. The van der Waals surface area contributed by atoms with Gasteiger partial charge in [-0.2, -0.15) is 0 Å². The molecule has 0 aromatic heterocycles. The minimum absolute atomic E-state index is 0.0494. The Labute approximate surface area is 164 Å². The molecule has 0 spiro atoms. The number of aryl methyl sites for hydroxylation is 1. The van der Waals surface area contributed by atoms with Crippen LogP contribution in [0.5, 0.6) is 0 Å². The zero-order chi connectivity index (χ0) is 20.3. The molecule has 1 heterocycles. The summed E-state index contributed by atoms with van der Waals surface area (Å²) in [5, 5.41) is 11.4. The lowest BCUT2D eigenvalue weighted by Gasteiger charge is -2.47. The summed E-state index contributed by atoms with van der Waals surface area (Å²) in [7, 11) is 3.79. The number of halogens is 2. The minimum Gasteiger partial charge on any atom is -0.383 e. The lowest BCUT2D eigenvalue weighted by molar-refractivity contribution is -0.141. The normalized spacial score (nSPS) is 22.5. The average molecular weight is 388 g/mol. The van der Waals surface area contributed by atoms with Crippen molar-refractivity contribution < 1.29 is 18.7 Å². The molecule has 1 aliphatic heterocycles. The van der Waals surface area contributed by atoms with Crippen molar-refractivity contribution in [2.45, 2.75) is 30.9 Å². The van der Waals surface area contributed by atoms with Crippen molar-refractivity contribution >= 4 is 5.91 Å². The van der Waals surface area contributed by atoms with Gasteiger partial charge >= 0.3 is 0 Å². The molecule has 1 aliphatic rings. The zero-order valence-corrected chi connectivity index (χ0v) is 16.2. The zero-order valence-electron chi connectivity index (χ0n) is 16.2. The van der Waals surface area contributed by atoms with Crippen LogP contribution in [-0.4, -0.2) is 54.0 Å². The summed E-state index contributed by atoms with van der Waals surface area (Å²) in [6.45, 7) is 0.862. The van der Waals surface area contributed by atoms with Crippen LogP contribution in [0.4, 0.5) is 8.78 Å². The standard InChI is InChI=1S/C22H26F2N2O2/c1-25(2)20-15-26(13-12-22(20,28)17-6-4-3-5-7-17)21(27)11-9-16-8-10-18(23)19(24)14-16/h3-8,10,14,20,28H,9,11-13,15H2,1-2H3/t20-,22+/m1/s1. The second-order valence-electron chi connectivity index (χ2n) is 7.61. The fourth-order valence-electron chi connectivity index (χ4n) is 3.91. The smallest absolute Gasteiger partial charge is 0.222 e. The number of rotatable bonds is 5. The number of carbonyl (C=O) groups excluding carboxylic acids is 1. The van der Waals surface area contributed by atoms with Crippen LogP contribution in [0, 0.1) is 11.6 Å². The Morgan fingerprint density at radius 1 is 1.18 bits per heavy atom.